The molecule has 1 fully saturated rings. The van der Waals surface area contributed by atoms with Gasteiger partial charge in [0.25, 0.3) is 0 Å². The smallest absolute Gasteiger partial charge is 0.308 e. The van der Waals surface area contributed by atoms with Crippen molar-refractivity contribution in [2.45, 2.75) is 20.4 Å². The van der Waals surface area contributed by atoms with Crippen LogP contribution in [0.2, 0.25) is 0 Å². The van der Waals surface area contributed by atoms with E-state index < -0.39 is 5.97 Å². The second-order valence-corrected chi connectivity index (χ2v) is 5.19. The van der Waals surface area contributed by atoms with Crippen molar-refractivity contribution in [1.29, 1.82) is 0 Å². The van der Waals surface area contributed by atoms with Crippen LogP contribution in [0.4, 0.5) is 0 Å². The number of benzene rings is 1. The average Bonchev–Trinajstić information content (AvgIpc) is 2.73. The molecule has 1 N–H and O–H groups in total. The number of carboxylic acid groups (broad SMARTS) is 1. The quantitative estimate of drug-likeness (QED) is 0.885. The third kappa shape index (κ3) is 3.47. The van der Waals surface area contributed by atoms with Crippen LogP contribution in [0.15, 0.2) is 24.3 Å². The molecule has 4 nitrogen and oxygen atoms in total. The van der Waals surface area contributed by atoms with Crippen molar-refractivity contribution in [2.75, 3.05) is 19.7 Å². The molecule has 0 aromatic heterocycles. The minimum Gasteiger partial charge on any atom is -0.494 e. The molecular formula is C15H21NO3. The number of ether oxygens (including phenoxy) is 1. The Morgan fingerprint density at radius 3 is 2.58 bits per heavy atom. The Kier molecular flexibility index (Phi) is 4.43. The molecule has 19 heavy (non-hydrogen) atoms. The third-order valence-electron chi connectivity index (χ3n) is 3.65. The zero-order valence-electron chi connectivity index (χ0n) is 11.5. The number of hydrogen-bond acceptors (Lipinski definition) is 3. The minimum atomic E-state index is -0.679. The van der Waals surface area contributed by atoms with Crippen molar-refractivity contribution >= 4 is 5.97 Å². The molecule has 4 heteroatoms. The van der Waals surface area contributed by atoms with Crippen LogP contribution in [0.25, 0.3) is 0 Å². The van der Waals surface area contributed by atoms with E-state index in [9.17, 15) is 4.79 Å². The maximum atomic E-state index is 11.1. The second-order valence-electron chi connectivity index (χ2n) is 5.19. The molecule has 1 aliphatic rings. The van der Waals surface area contributed by atoms with Crippen LogP contribution in [0.1, 0.15) is 19.4 Å². The number of likely N-dealkylation sites (tertiary alicyclic amines) is 1. The molecule has 0 bridgehead atoms. The Hall–Kier alpha value is -1.55. The van der Waals surface area contributed by atoms with Crippen molar-refractivity contribution in [1.82, 2.24) is 4.90 Å². The number of rotatable bonds is 5. The first-order chi connectivity index (χ1) is 9.10. The van der Waals surface area contributed by atoms with Gasteiger partial charge in [0, 0.05) is 19.6 Å². The summed E-state index contributed by atoms with van der Waals surface area (Å²) in [6.07, 6.45) is 0. The zero-order valence-corrected chi connectivity index (χ0v) is 11.5. The molecule has 1 saturated heterocycles. The number of hydrogen-bond donors (Lipinski definition) is 1. The normalized spacial score (nSPS) is 23.5. The van der Waals surface area contributed by atoms with E-state index in [1.807, 2.05) is 38.1 Å². The predicted molar refractivity (Wildman–Crippen MR) is 73.2 cm³/mol. The van der Waals surface area contributed by atoms with Gasteiger partial charge in [-0.15, -0.1) is 0 Å². The highest BCUT2D eigenvalue weighted by molar-refractivity contribution is 5.71. The summed E-state index contributed by atoms with van der Waals surface area (Å²) >= 11 is 0. The maximum Gasteiger partial charge on any atom is 0.308 e. The van der Waals surface area contributed by atoms with Gasteiger partial charge in [0.1, 0.15) is 5.75 Å². The summed E-state index contributed by atoms with van der Waals surface area (Å²) in [6, 6.07) is 8.02. The molecule has 2 atom stereocenters. The largest absolute Gasteiger partial charge is 0.494 e. The third-order valence-corrected chi connectivity index (χ3v) is 3.65. The van der Waals surface area contributed by atoms with Crippen LogP contribution in [0, 0.1) is 11.8 Å². The Balaban J connectivity index is 1.93. The summed E-state index contributed by atoms with van der Waals surface area (Å²) < 4.78 is 5.41. The predicted octanol–water partition coefficient (Wildman–Crippen LogP) is 2.24. The van der Waals surface area contributed by atoms with Crippen molar-refractivity contribution in [3.63, 3.8) is 0 Å². The van der Waals surface area contributed by atoms with E-state index in [2.05, 4.69) is 4.90 Å². The van der Waals surface area contributed by atoms with Crippen LogP contribution < -0.4 is 4.74 Å². The van der Waals surface area contributed by atoms with Crippen LogP contribution >= 0.6 is 0 Å². The maximum absolute atomic E-state index is 11.1. The Bertz CT molecular complexity index is 430. The SMILES string of the molecule is CCOc1ccc(CN2C[C@@H](C)[C@H](C(=O)O)C2)cc1. The van der Waals surface area contributed by atoms with Gasteiger partial charge in [-0.3, -0.25) is 9.69 Å². The summed E-state index contributed by atoms with van der Waals surface area (Å²) in [5, 5.41) is 9.12. The van der Waals surface area contributed by atoms with Crippen molar-refractivity contribution < 1.29 is 14.6 Å². The minimum absolute atomic E-state index is 0.222. The first-order valence-electron chi connectivity index (χ1n) is 6.77. The highest BCUT2D eigenvalue weighted by Gasteiger charge is 2.34. The number of carboxylic acids is 1. The lowest BCUT2D eigenvalue weighted by Gasteiger charge is -2.15. The number of carbonyl (C=O) groups is 1. The fraction of sp³-hybridized carbons (Fsp3) is 0.533. The van der Waals surface area contributed by atoms with Crippen LogP contribution in [0.3, 0.4) is 0 Å². The molecule has 0 saturated carbocycles. The lowest BCUT2D eigenvalue weighted by molar-refractivity contribution is -0.142. The monoisotopic (exact) mass is 263 g/mol. The van der Waals surface area contributed by atoms with Gasteiger partial charge < -0.3 is 9.84 Å². The van der Waals surface area contributed by atoms with Gasteiger partial charge in [-0.25, -0.2) is 0 Å². The lowest BCUT2D eigenvalue weighted by atomic mass is 9.99. The van der Waals surface area contributed by atoms with Gasteiger partial charge in [0.05, 0.1) is 12.5 Å². The van der Waals surface area contributed by atoms with Crippen LogP contribution in [-0.4, -0.2) is 35.7 Å². The molecule has 0 spiro atoms. The first kappa shape index (κ1) is 13.9. The summed E-state index contributed by atoms with van der Waals surface area (Å²) in [5.74, 6) is 0.189. The number of nitrogens with zero attached hydrogens (tertiary/aromatic N) is 1. The summed E-state index contributed by atoms with van der Waals surface area (Å²) in [6.45, 7) is 6.94. The molecule has 0 unspecified atom stereocenters. The van der Waals surface area contributed by atoms with E-state index in [0.717, 1.165) is 18.8 Å². The molecule has 104 valence electrons. The highest BCUT2D eigenvalue weighted by Crippen LogP contribution is 2.25. The standard InChI is InChI=1S/C15H21NO3/c1-3-19-13-6-4-12(5-7-13)9-16-8-11(2)14(10-16)15(17)18/h4-7,11,14H,3,8-10H2,1-2H3,(H,17,18)/t11-,14-/m1/s1. The van der Waals surface area contributed by atoms with E-state index in [4.69, 9.17) is 9.84 Å². The summed E-state index contributed by atoms with van der Waals surface area (Å²) in [4.78, 5) is 13.3. The zero-order chi connectivity index (χ0) is 13.8. The van der Waals surface area contributed by atoms with Gasteiger partial charge in [0.2, 0.25) is 0 Å². The van der Waals surface area contributed by atoms with E-state index in [1.54, 1.807) is 0 Å². The Morgan fingerprint density at radius 2 is 2.05 bits per heavy atom. The van der Waals surface area contributed by atoms with Gasteiger partial charge in [-0.1, -0.05) is 19.1 Å². The fourth-order valence-corrected chi connectivity index (χ4v) is 2.63. The molecule has 1 heterocycles. The van der Waals surface area contributed by atoms with Gasteiger partial charge >= 0.3 is 5.97 Å². The summed E-state index contributed by atoms with van der Waals surface area (Å²) in [5.41, 5.74) is 1.20. The van der Waals surface area contributed by atoms with Crippen LogP contribution in [-0.2, 0) is 11.3 Å². The molecule has 2 rings (SSSR count). The molecule has 1 aromatic rings. The second kappa shape index (κ2) is 6.06. The van der Waals surface area contributed by atoms with Crippen molar-refractivity contribution in [2.24, 2.45) is 11.8 Å². The van der Waals surface area contributed by atoms with E-state index in [-0.39, 0.29) is 11.8 Å². The van der Waals surface area contributed by atoms with E-state index >= 15 is 0 Å². The van der Waals surface area contributed by atoms with Gasteiger partial charge in [-0.05, 0) is 30.5 Å². The lowest BCUT2D eigenvalue weighted by Crippen LogP contribution is -2.23. The molecular weight excluding hydrogens is 242 g/mol. The number of aliphatic carboxylic acids is 1. The molecule has 1 aromatic carbocycles. The van der Waals surface area contributed by atoms with E-state index in [1.165, 1.54) is 5.56 Å². The fourth-order valence-electron chi connectivity index (χ4n) is 2.63. The molecule has 1 aliphatic heterocycles. The first-order valence-corrected chi connectivity index (χ1v) is 6.77. The average molecular weight is 263 g/mol. The van der Waals surface area contributed by atoms with Gasteiger partial charge in [0.15, 0.2) is 0 Å². The van der Waals surface area contributed by atoms with Crippen molar-refractivity contribution in [3.05, 3.63) is 29.8 Å². The van der Waals surface area contributed by atoms with Gasteiger partial charge in [-0.2, -0.15) is 0 Å². The molecule has 0 aliphatic carbocycles. The molecule has 0 amide bonds. The van der Waals surface area contributed by atoms with E-state index in [0.29, 0.717) is 13.2 Å². The Labute approximate surface area is 114 Å². The Morgan fingerprint density at radius 1 is 1.37 bits per heavy atom. The molecule has 0 radical (unpaired) electrons. The topological polar surface area (TPSA) is 49.8 Å². The van der Waals surface area contributed by atoms with Crippen molar-refractivity contribution in [3.8, 4) is 5.75 Å². The summed E-state index contributed by atoms with van der Waals surface area (Å²) in [7, 11) is 0. The highest BCUT2D eigenvalue weighted by atomic mass is 16.5. The van der Waals surface area contributed by atoms with Crippen LogP contribution in [0.5, 0.6) is 5.75 Å².